The van der Waals surface area contributed by atoms with Crippen molar-refractivity contribution in [3.05, 3.63) is 59.4 Å². The van der Waals surface area contributed by atoms with Crippen LogP contribution < -0.4 is 9.47 Å². The molecule has 0 amide bonds. The zero-order valence-electron chi connectivity index (χ0n) is 15.0. The van der Waals surface area contributed by atoms with Crippen LogP contribution in [0.3, 0.4) is 0 Å². The molecule has 2 aromatic rings. The second kappa shape index (κ2) is 9.47. The monoisotopic (exact) mass is 374 g/mol. The molecule has 0 atom stereocenters. The van der Waals surface area contributed by atoms with Gasteiger partial charge in [0.2, 0.25) is 5.78 Å². The molecular weight excluding hydrogens is 355 g/mol. The van der Waals surface area contributed by atoms with Crippen LogP contribution in [0.2, 0.25) is 0 Å². The molecule has 6 nitrogen and oxygen atoms in total. The van der Waals surface area contributed by atoms with E-state index in [4.69, 9.17) is 14.2 Å². The highest BCUT2D eigenvalue weighted by molar-refractivity contribution is 6.01. The minimum Gasteiger partial charge on any atom is -0.497 e. The molecule has 2 aromatic carbocycles. The fraction of sp³-hybridized carbons (Fsp3) is 0.250. The lowest BCUT2D eigenvalue weighted by atomic mass is 10.1. The van der Waals surface area contributed by atoms with Crippen molar-refractivity contribution in [3.63, 3.8) is 0 Å². The third-order valence-electron chi connectivity index (χ3n) is 3.79. The maximum atomic E-state index is 12.8. The molecule has 0 heterocycles. The summed E-state index contributed by atoms with van der Waals surface area (Å²) in [4.78, 5) is 36.0. The van der Waals surface area contributed by atoms with Gasteiger partial charge >= 0.3 is 5.97 Å². The van der Waals surface area contributed by atoms with E-state index in [-0.39, 0.29) is 24.2 Å². The molecule has 142 valence electrons. The standard InChI is InChI=1S/C20H19FO6/c1-25-15-7-9-19(26-2)16(11-15)18(23)12-27-20(24)10-8-17(22)13-3-5-14(21)6-4-13/h3-7,9,11H,8,10,12H2,1-2H3. The van der Waals surface area contributed by atoms with Crippen LogP contribution in [0, 0.1) is 5.82 Å². The first-order chi connectivity index (χ1) is 12.9. The predicted molar refractivity (Wildman–Crippen MR) is 94.8 cm³/mol. The Labute approximate surface area is 155 Å². The molecule has 7 heteroatoms. The molecule has 0 aromatic heterocycles. The Hall–Kier alpha value is -3.22. The predicted octanol–water partition coefficient (Wildman–Crippen LogP) is 3.23. The van der Waals surface area contributed by atoms with Crippen LogP contribution >= 0.6 is 0 Å². The number of rotatable bonds is 9. The lowest BCUT2D eigenvalue weighted by molar-refractivity contribution is -0.142. The number of Topliss-reactive ketones (excluding diaryl/α,β-unsaturated/α-hetero) is 2. The topological polar surface area (TPSA) is 78.9 Å². The van der Waals surface area contributed by atoms with Crippen molar-refractivity contribution in [2.24, 2.45) is 0 Å². The van der Waals surface area contributed by atoms with Gasteiger partial charge < -0.3 is 14.2 Å². The molecule has 2 rings (SSSR count). The van der Waals surface area contributed by atoms with Gasteiger partial charge in [-0.2, -0.15) is 0 Å². The van der Waals surface area contributed by atoms with Crippen LogP contribution in [0.15, 0.2) is 42.5 Å². The normalized spacial score (nSPS) is 10.2. The summed E-state index contributed by atoms with van der Waals surface area (Å²) in [6.45, 7) is -0.479. The molecule has 0 saturated carbocycles. The van der Waals surface area contributed by atoms with Gasteiger partial charge in [0, 0.05) is 12.0 Å². The number of ether oxygens (including phenoxy) is 3. The molecule has 0 bridgehead atoms. The highest BCUT2D eigenvalue weighted by atomic mass is 19.1. The molecule has 0 N–H and O–H groups in total. The summed E-state index contributed by atoms with van der Waals surface area (Å²) in [7, 11) is 2.89. The van der Waals surface area contributed by atoms with Gasteiger partial charge in [0.15, 0.2) is 12.4 Å². The van der Waals surface area contributed by atoms with E-state index in [2.05, 4.69) is 0 Å². The molecule has 0 radical (unpaired) electrons. The van der Waals surface area contributed by atoms with Gasteiger partial charge in [-0.25, -0.2) is 4.39 Å². The van der Waals surface area contributed by atoms with Crippen molar-refractivity contribution in [3.8, 4) is 11.5 Å². The summed E-state index contributed by atoms with van der Waals surface area (Å²) in [5, 5.41) is 0. The molecule has 0 aliphatic heterocycles. The van der Waals surface area contributed by atoms with Gasteiger partial charge in [0.1, 0.15) is 17.3 Å². The summed E-state index contributed by atoms with van der Waals surface area (Å²) in [5.74, 6) is -1.09. The zero-order valence-corrected chi connectivity index (χ0v) is 15.0. The summed E-state index contributed by atoms with van der Waals surface area (Å²) >= 11 is 0. The first-order valence-corrected chi connectivity index (χ1v) is 8.14. The van der Waals surface area contributed by atoms with Gasteiger partial charge in [-0.05, 0) is 42.5 Å². The summed E-state index contributed by atoms with van der Waals surface area (Å²) in [6, 6.07) is 9.76. The van der Waals surface area contributed by atoms with E-state index in [9.17, 15) is 18.8 Å². The number of carbonyl (C=O) groups is 3. The average molecular weight is 374 g/mol. The Morgan fingerprint density at radius 1 is 0.889 bits per heavy atom. The molecule has 0 aliphatic rings. The van der Waals surface area contributed by atoms with E-state index in [0.717, 1.165) is 0 Å². The molecule has 0 saturated heterocycles. The average Bonchev–Trinajstić information content (AvgIpc) is 2.70. The molecule has 0 unspecified atom stereocenters. The van der Waals surface area contributed by atoms with E-state index in [1.165, 1.54) is 44.6 Å². The third-order valence-corrected chi connectivity index (χ3v) is 3.79. The highest BCUT2D eigenvalue weighted by Gasteiger charge is 2.17. The summed E-state index contributed by atoms with van der Waals surface area (Å²) in [6.07, 6.45) is -0.278. The molecule has 27 heavy (non-hydrogen) atoms. The number of methoxy groups -OCH3 is 2. The number of hydrogen-bond acceptors (Lipinski definition) is 6. The first-order valence-electron chi connectivity index (χ1n) is 8.14. The van der Waals surface area contributed by atoms with E-state index in [1.54, 1.807) is 12.1 Å². The van der Waals surface area contributed by atoms with Gasteiger partial charge in [-0.3, -0.25) is 14.4 Å². The van der Waals surface area contributed by atoms with Crippen molar-refractivity contribution in [2.45, 2.75) is 12.8 Å². The Morgan fingerprint density at radius 3 is 2.22 bits per heavy atom. The van der Waals surface area contributed by atoms with E-state index in [0.29, 0.717) is 17.1 Å². The second-order valence-corrected chi connectivity index (χ2v) is 5.58. The Morgan fingerprint density at radius 2 is 1.59 bits per heavy atom. The van der Waals surface area contributed by atoms with Gasteiger partial charge in [0.25, 0.3) is 0 Å². The van der Waals surface area contributed by atoms with Crippen LogP contribution in [0.1, 0.15) is 33.6 Å². The van der Waals surface area contributed by atoms with Crippen LogP contribution in [0.5, 0.6) is 11.5 Å². The van der Waals surface area contributed by atoms with Gasteiger partial charge in [0.05, 0.1) is 26.2 Å². The smallest absolute Gasteiger partial charge is 0.306 e. The van der Waals surface area contributed by atoms with Crippen LogP contribution in [-0.4, -0.2) is 38.4 Å². The number of halogens is 1. The molecular formula is C20H19FO6. The Bertz CT molecular complexity index is 829. The van der Waals surface area contributed by atoms with E-state index in [1.807, 2.05) is 0 Å². The lowest BCUT2D eigenvalue weighted by Crippen LogP contribution is -2.16. The first kappa shape index (κ1) is 20.1. The maximum absolute atomic E-state index is 12.8. The van der Waals surface area contributed by atoms with Crippen molar-refractivity contribution in [1.29, 1.82) is 0 Å². The number of hydrogen-bond donors (Lipinski definition) is 0. The van der Waals surface area contributed by atoms with Gasteiger partial charge in [-0.1, -0.05) is 0 Å². The highest BCUT2D eigenvalue weighted by Crippen LogP contribution is 2.24. The van der Waals surface area contributed by atoms with Gasteiger partial charge in [-0.15, -0.1) is 0 Å². The number of benzene rings is 2. The van der Waals surface area contributed by atoms with Crippen LogP contribution in [-0.2, 0) is 9.53 Å². The van der Waals surface area contributed by atoms with Crippen molar-refractivity contribution < 1.29 is 33.0 Å². The third kappa shape index (κ3) is 5.64. The summed E-state index contributed by atoms with van der Waals surface area (Å²) in [5.41, 5.74) is 0.536. The van der Waals surface area contributed by atoms with Crippen LogP contribution in [0.25, 0.3) is 0 Å². The second-order valence-electron chi connectivity index (χ2n) is 5.58. The quantitative estimate of drug-likeness (QED) is 0.495. The minimum atomic E-state index is -0.680. The number of esters is 1. The summed E-state index contributed by atoms with van der Waals surface area (Å²) < 4.78 is 28.0. The Kier molecular flexibility index (Phi) is 7.05. The van der Waals surface area contributed by atoms with E-state index < -0.39 is 24.2 Å². The van der Waals surface area contributed by atoms with Crippen molar-refractivity contribution in [1.82, 2.24) is 0 Å². The van der Waals surface area contributed by atoms with Crippen LogP contribution in [0.4, 0.5) is 4.39 Å². The fourth-order valence-electron chi connectivity index (χ4n) is 2.32. The number of carbonyl (C=O) groups excluding carboxylic acids is 3. The maximum Gasteiger partial charge on any atom is 0.306 e. The molecule has 0 aliphatic carbocycles. The Balaban J connectivity index is 1.87. The van der Waals surface area contributed by atoms with Crippen molar-refractivity contribution in [2.75, 3.05) is 20.8 Å². The fourth-order valence-corrected chi connectivity index (χ4v) is 2.32. The van der Waals surface area contributed by atoms with E-state index >= 15 is 0 Å². The van der Waals surface area contributed by atoms with Crippen molar-refractivity contribution >= 4 is 17.5 Å². The largest absolute Gasteiger partial charge is 0.497 e. The molecule has 0 spiro atoms. The minimum absolute atomic E-state index is 0.0961. The zero-order chi connectivity index (χ0) is 19.8. The SMILES string of the molecule is COc1ccc(OC)c(C(=O)COC(=O)CCC(=O)c2ccc(F)cc2)c1. The lowest BCUT2D eigenvalue weighted by Gasteiger charge is -2.10. The number of ketones is 2. The molecule has 0 fully saturated rings.